The fourth-order valence-electron chi connectivity index (χ4n) is 3.67. The number of hydrogen-bond donors (Lipinski definition) is 0. The SMILES string of the molecule is CCC(C)C(C(=O)OCc1ccccc1)N(CCOCCF)C(=O)Cc1nc2ccccc2o1. The molecule has 0 aliphatic rings. The van der Waals surface area contributed by atoms with E-state index in [0.717, 1.165) is 5.56 Å². The van der Waals surface area contributed by atoms with Gasteiger partial charge in [0.15, 0.2) is 5.58 Å². The Morgan fingerprint density at radius 2 is 1.82 bits per heavy atom. The highest BCUT2D eigenvalue weighted by molar-refractivity contribution is 5.86. The average molecular weight is 471 g/mol. The molecule has 1 heterocycles. The van der Waals surface area contributed by atoms with E-state index in [4.69, 9.17) is 13.9 Å². The molecule has 0 N–H and O–H groups in total. The van der Waals surface area contributed by atoms with Crippen LogP contribution in [0.3, 0.4) is 0 Å². The molecule has 8 heteroatoms. The smallest absolute Gasteiger partial charge is 0.329 e. The Kier molecular flexibility index (Phi) is 9.58. The number of carbonyl (C=O) groups excluding carboxylic acids is 2. The van der Waals surface area contributed by atoms with Gasteiger partial charge < -0.3 is 18.8 Å². The summed E-state index contributed by atoms with van der Waals surface area (Å²) in [7, 11) is 0. The molecule has 1 aromatic heterocycles. The molecular formula is C26H31FN2O5. The molecule has 2 atom stereocenters. The fourth-order valence-corrected chi connectivity index (χ4v) is 3.67. The normalized spacial score (nSPS) is 12.9. The second-order valence-corrected chi connectivity index (χ2v) is 8.06. The van der Waals surface area contributed by atoms with Crippen LogP contribution in [0.25, 0.3) is 11.1 Å². The first kappa shape index (κ1) is 25.4. The van der Waals surface area contributed by atoms with Gasteiger partial charge >= 0.3 is 5.97 Å². The number of para-hydroxylation sites is 2. The largest absolute Gasteiger partial charge is 0.459 e. The van der Waals surface area contributed by atoms with Gasteiger partial charge in [-0.3, -0.25) is 4.79 Å². The third kappa shape index (κ3) is 6.87. The van der Waals surface area contributed by atoms with E-state index in [1.807, 2.05) is 56.3 Å². The summed E-state index contributed by atoms with van der Waals surface area (Å²) in [4.78, 5) is 32.4. The van der Waals surface area contributed by atoms with E-state index in [1.54, 1.807) is 12.1 Å². The van der Waals surface area contributed by atoms with E-state index >= 15 is 0 Å². The summed E-state index contributed by atoms with van der Waals surface area (Å²) in [6, 6.07) is 15.8. The van der Waals surface area contributed by atoms with Gasteiger partial charge in [0.1, 0.15) is 31.3 Å². The van der Waals surface area contributed by atoms with Crippen LogP contribution >= 0.6 is 0 Å². The van der Waals surface area contributed by atoms with Gasteiger partial charge in [-0.25, -0.2) is 14.2 Å². The molecule has 1 amide bonds. The van der Waals surface area contributed by atoms with E-state index in [9.17, 15) is 14.0 Å². The summed E-state index contributed by atoms with van der Waals surface area (Å²) in [5.41, 5.74) is 2.10. The summed E-state index contributed by atoms with van der Waals surface area (Å²) < 4.78 is 29.1. The van der Waals surface area contributed by atoms with Crippen molar-refractivity contribution in [2.75, 3.05) is 26.4 Å². The van der Waals surface area contributed by atoms with Crippen molar-refractivity contribution in [3.8, 4) is 0 Å². The number of oxazole rings is 1. The predicted octanol–water partition coefficient (Wildman–Crippen LogP) is 4.34. The summed E-state index contributed by atoms with van der Waals surface area (Å²) in [5.74, 6) is -0.731. The number of ether oxygens (including phenoxy) is 2. The maximum absolute atomic E-state index is 13.4. The molecule has 0 saturated carbocycles. The number of hydrogen-bond acceptors (Lipinski definition) is 6. The third-order valence-electron chi connectivity index (χ3n) is 5.64. The van der Waals surface area contributed by atoms with Gasteiger partial charge in [-0.15, -0.1) is 0 Å². The average Bonchev–Trinajstić information content (AvgIpc) is 3.27. The zero-order valence-corrected chi connectivity index (χ0v) is 19.6. The number of amides is 1. The summed E-state index contributed by atoms with van der Waals surface area (Å²) in [5, 5.41) is 0. The summed E-state index contributed by atoms with van der Waals surface area (Å²) >= 11 is 0. The molecule has 0 aliphatic carbocycles. The first-order chi connectivity index (χ1) is 16.5. The second-order valence-electron chi connectivity index (χ2n) is 8.06. The van der Waals surface area contributed by atoms with Crippen molar-refractivity contribution >= 4 is 23.0 Å². The molecule has 182 valence electrons. The lowest BCUT2D eigenvalue weighted by Gasteiger charge is -2.33. The monoisotopic (exact) mass is 470 g/mol. The standard InChI is InChI=1S/C26H31FN2O5/c1-3-19(2)25(26(31)33-18-20-9-5-4-6-10-20)29(14-16-32-15-13-27)24(30)17-23-28-21-11-7-8-12-22(21)34-23/h4-12,19,25H,3,13-18H2,1-2H3. The van der Waals surface area contributed by atoms with E-state index in [-0.39, 0.29) is 50.5 Å². The second kappa shape index (κ2) is 12.8. The molecule has 3 aromatic rings. The number of benzene rings is 2. The van der Waals surface area contributed by atoms with Crippen LogP contribution in [0.4, 0.5) is 4.39 Å². The lowest BCUT2D eigenvalue weighted by Crippen LogP contribution is -2.51. The topological polar surface area (TPSA) is 81.9 Å². The molecule has 7 nitrogen and oxygen atoms in total. The highest BCUT2D eigenvalue weighted by atomic mass is 19.1. The van der Waals surface area contributed by atoms with Crippen LogP contribution in [-0.4, -0.2) is 54.2 Å². The Morgan fingerprint density at radius 1 is 1.09 bits per heavy atom. The van der Waals surface area contributed by atoms with Crippen molar-refractivity contribution in [3.05, 3.63) is 66.1 Å². The minimum absolute atomic E-state index is 0.0698. The lowest BCUT2D eigenvalue weighted by atomic mass is 9.97. The van der Waals surface area contributed by atoms with Crippen molar-refractivity contribution in [2.24, 2.45) is 5.92 Å². The number of aromatic nitrogens is 1. The maximum Gasteiger partial charge on any atom is 0.329 e. The lowest BCUT2D eigenvalue weighted by molar-refractivity contribution is -0.159. The third-order valence-corrected chi connectivity index (χ3v) is 5.64. The minimum Gasteiger partial charge on any atom is -0.459 e. The molecule has 3 rings (SSSR count). The maximum atomic E-state index is 13.4. The molecular weight excluding hydrogens is 439 g/mol. The van der Waals surface area contributed by atoms with Crippen LogP contribution < -0.4 is 0 Å². The van der Waals surface area contributed by atoms with Crippen LogP contribution in [-0.2, 0) is 32.1 Å². The molecule has 0 radical (unpaired) electrons. The highest BCUT2D eigenvalue weighted by Crippen LogP contribution is 2.21. The molecule has 34 heavy (non-hydrogen) atoms. The van der Waals surface area contributed by atoms with E-state index in [2.05, 4.69) is 4.98 Å². The highest BCUT2D eigenvalue weighted by Gasteiger charge is 2.35. The molecule has 2 aromatic carbocycles. The van der Waals surface area contributed by atoms with Gasteiger partial charge in [-0.2, -0.15) is 0 Å². The van der Waals surface area contributed by atoms with Gasteiger partial charge in [-0.1, -0.05) is 62.7 Å². The number of alkyl halides is 1. The Balaban J connectivity index is 1.79. The van der Waals surface area contributed by atoms with Crippen molar-refractivity contribution in [2.45, 2.75) is 39.3 Å². The zero-order chi connectivity index (χ0) is 24.3. The number of rotatable bonds is 13. The van der Waals surface area contributed by atoms with Gasteiger partial charge in [-0.05, 0) is 23.6 Å². The molecule has 0 fully saturated rings. The van der Waals surface area contributed by atoms with E-state index in [0.29, 0.717) is 17.5 Å². The fraction of sp³-hybridized carbons (Fsp3) is 0.423. The number of fused-ring (bicyclic) bond motifs is 1. The first-order valence-corrected chi connectivity index (χ1v) is 11.5. The minimum atomic E-state index is -0.820. The Morgan fingerprint density at radius 3 is 2.53 bits per heavy atom. The molecule has 0 aliphatic heterocycles. The van der Waals surface area contributed by atoms with Crippen LogP contribution in [0, 0.1) is 5.92 Å². The Labute approximate surface area is 198 Å². The van der Waals surface area contributed by atoms with Crippen LogP contribution in [0.1, 0.15) is 31.7 Å². The number of halogens is 1. The number of esters is 1. The number of nitrogens with zero attached hydrogens (tertiary/aromatic N) is 2. The molecule has 0 saturated heterocycles. The van der Waals surface area contributed by atoms with E-state index in [1.165, 1.54) is 4.90 Å². The Bertz CT molecular complexity index is 1020. The van der Waals surface area contributed by atoms with Crippen molar-refractivity contribution < 1.29 is 27.9 Å². The first-order valence-electron chi connectivity index (χ1n) is 11.5. The van der Waals surface area contributed by atoms with Gasteiger partial charge in [0.25, 0.3) is 0 Å². The molecule has 2 unspecified atom stereocenters. The van der Waals surface area contributed by atoms with Crippen LogP contribution in [0.2, 0.25) is 0 Å². The molecule has 0 spiro atoms. The number of carbonyl (C=O) groups is 2. The van der Waals surface area contributed by atoms with Gasteiger partial charge in [0.05, 0.1) is 13.2 Å². The zero-order valence-electron chi connectivity index (χ0n) is 19.6. The van der Waals surface area contributed by atoms with Crippen LogP contribution in [0.5, 0.6) is 0 Å². The van der Waals surface area contributed by atoms with E-state index < -0.39 is 18.7 Å². The molecule has 0 bridgehead atoms. The van der Waals surface area contributed by atoms with Gasteiger partial charge in [0, 0.05) is 6.54 Å². The van der Waals surface area contributed by atoms with Crippen molar-refractivity contribution in [3.63, 3.8) is 0 Å². The van der Waals surface area contributed by atoms with Gasteiger partial charge in [0.2, 0.25) is 11.8 Å². The van der Waals surface area contributed by atoms with Crippen molar-refractivity contribution in [1.82, 2.24) is 9.88 Å². The van der Waals surface area contributed by atoms with Crippen LogP contribution in [0.15, 0.2) is 59.0 Å². The predicted molar refractivity (Wildman–Crippen MR) is 126 cm³/mol. The van der Waals surface area contributed by atoms with Crippen molar-refractivity contribution in [1.29, 1.82) is 0 Å². The quantitative estimate of drug-likeness (QED) is 0.273. The summed E-state index contributed by atoms with van der Waals surface area (Å²) in [6.45, 7) is 3.49. The Hall–Kier alpha value is -3.26. The summed E-state index contributed by atoms with van der Waals surface area (Å²) in [6.07, 6.45) is 0.541.